The van der Waals surface area contributed by atoms with E-state index in [1.807, 2.05) is 0 Å². The molecule has 0 aromatic rings. The Balaban J connectivity index is 2.68. The van der Waals surface area contributed by atoms with Crippen LogP contribution >= 0.6 is 0 Å². The van der Waals surface area contributed by atoms with E-state index in [1.165, 1.54) is 6.08 Å². The van der Waals surface area contributed by atoms with Crippen molar-refractivity contribution in [3.8, 4) is 0 Å². The van der Waals surface area contributed by atoms with E-state index in [9.17, 15) is 4.79 Å². The molecule has 0 atom stereocenters. The van der Waals surface area contributed by atoms with E-state index in [1.54, 1.807) is 0 Å². The highest BCUT2D eigenvalue weighted by molar-refractivity contribution is 5.81. The SMILES string of the molecule is C=C1CCCC/C1=C/C(=O)O. The van der Waals surface area contributed by atoms with E-state index in [0.717, 1.165) is 36.8 Å². The van der Waals surface area contributed by atoms with Crippen LogP contribution in [0.1, 0.15) is 25.7 Å². The molecular weight excluding hydrogens is 140 g/mol. The Kier molecular flexibility index (Phi) is 2.47. The Morgan fingerprint density at radius 2 is 2.09 bits per heavy atom. The molecule has 0 aliphatic heterocycles. The fourth-order valence-corrected chi connectivity index (χ4v) is 1.31. The van der Waals surface area contributed by atoms with Crippen LogP contribution in [0.4, 0.5) is 0 Å². The first-order valence-electron chi connectivity index (χ1n) is 3.82. The molecule has 1 aliphatic rings. The van der Waals surface area contributed by atoms with E-state index < -0.39 is 5.97 Å². The van der Waals surface area contributed by atoms with Gasteiger partial charge in [0, 0.05) is 6.08 Å². The highest BCUT2D eigenvalue weighted by atomic mass is 16.4. The van der Waals surface area contributed by atoms with Gasteiger partial charge in [0.05, 0.1) is 0 Å². The number of aliphatic carboxylic acids is 1. The molecule has 2 heteroatoms. The van der Waals surface area contributed by atoms with Gasteiger partial charge < -0.3 is 5.11 Å². The normalized spacial score (nSPS) is 22.2. The lowest BCUT2D eigenvalue weighted by atomic mass is 9.90. The topological polar surface area (TPSA) is 37.3 Å². The van der Waals surface area contributed by atoms with Crippen molar-refractivity contribution < 1.29 is 9.90 Å². The average Bonchev–Trinajstić information content (AvgIpc) is 1.93. The van der Waals surface area contributed by atoms with Crippen molar-refractivity contribution in [3.05, 3.63) is 23.8 Å². The third kappa shape index (κ3) is 2.22. The predicted octanol–water partition coefficient (Wildman–Crippen LogP) is 2.13. The van der Waals surface area contributed by atoms with Crippen molar-refractivity contribution >= 4 is 5.97 Å². The molecule has 1 fully saturated rings. The summed E-state index contributed by atoms with van der Waals surface area (Å²) in [5.41, 5.74) is 1.92. The lowest BCUT2D eigenvalue weighted by Crippen LogP contribution is -2.00. The van der Waals surface area contributed by atoms with Crippen LogP contribution < -0.4 is 0 Å². The van der Waals surface area contributed by atoms with E-state index in [2.05, 4.69) is 6.58 Å². The van der Waals surface area contributed by atoms with Gasteiger partial charge >= 0.3 is 5.97 Å². The minimum atomic E-state index is -0.858. The summed E-state index contributed by atoms with van der Waals surface area (Å²) < 4.78 is 0. The lowest BCUT2D eigenvalue weighted by molar-refractivity contribution is -0.131. The summed E-state index contributed by atoms with van der Waals surface area (Å²) in [4.78, 5) is 10.3. The molecule has 1 rings (SSSR count). The van der Waals surface area contributed by atoms with Crippen molar-refractivity contribution in [2.75, 3.05) is 0 Å². The molecule has 1 saturated carbocycles. The second-order valence-electron chi connectivity index (χ2n) is 2.82. The maximum absolute atomic E-state index is 10.3. The van der Waals surface area contributed by atoms with E-state index in [-0.39, 0.29) is 0 Å². The van der Waals surface area contributed by atoms with Gasteiger partial charge in [-0.2, -0.15) is 0 Å². The van der Waals surface area contributed by atoms with Crippen LogP contribution in [0.2, 0.25) is 0 Å². The van der Waals surface area contributed by atoms with Crippen molar-refractivity contribution in [2.45, 2.75) is 25.7 Å². The number of carboxylic acids is 1. The van der Waals surface area contributed by atoms with E-state index in [0.29, 0.717) is 0 Å². The fraction of sp³-hybridized carbons (Fsp3) is 0.444. The van der Waals surface area contributed by atoms with Crippen LogP contribution in [0.25, 0.3) is 0 Å². The molecule has 0 aromatic heterocycles. The quantitative estimate of drug-likeness (QED) is 0.584. The Morgan fingerprint density at radius 3 is 2.64 bits per heavy atom. The molecule has 0 bridgehead atoms. The first kappa shape index (κ1) is 8.05. The largest absolute Gasteiger partial charge is 0.478 e. The summed E-state index contributed by atoms with van der Waals surface area (Å²) in [5, 5.41) is 8.47. The Bertz CT molecular complexity index is 214. The first-order chi connectivity index (χ1) is 5.20. The van der Waals surface area contributed by atoms with E-state index in [4.69, 9.17) is 5.11 Å². The minimum absolute atomic E-state index is 0.858. The number of hydrogen-bond acceptors (Lipinski definition) is 1. The summed E-state index contributed by atoms with van der Waals surface area (Å²) in [6.07, 6.45) is 5.36. The number of carbonyl (C=O) groups is 1. The minimum Gasteiger partial charge on any atom is -0.478 e. The molecule has 60 valence electrons. The van der Waals surface area contributed by atoms with Crippen LogP contribution in [0.5, 0.6) is 0 Å². The molecule has 0 unspecified atom stereocenters. The zero-order chi connectivity index (χ0) is 8.27. The molecule has 0 amide bonds. The fourth-order valence-electron chi connectivity index (χ4n) is 1.31. The molecule has 0 aromatic carbocycles. The lowest BCUT2D eigenvalue weighted by Gasteiger charge is -2.15. The standard InChI is InChI=1S/C9H12O2/c1-7-4-2-3-5-8(7)6-9(10)11/h6H,1-5H2,(H,10,11)/b8-6-. The summed E-state index contributed by atoms with van der Waals surface area (Å²) >= 11 is 0. The molecule has 0 heterocycles. The monoisotopic (exact) mass is 152 g/mol. The maximum Gasteiger partial charge on any atom is 0.328 e. The molecule has 1 aliphatic carbocycles. The van der Waals surface area contributed by atoms with Gasteiger partial charge in [0.15, 0.2) is 0 Å². The van der Waals surface area contributed by atoms with Gasteiger partial charge in [0.25, 0.3) is 0 Å². The van der Waals surface area contributed by atoms with Gasteiger partial charge in [-0.05, 0) is 31.3 Å². The molecule has 11 heavy (non-hydrogen) atoms. The molecular formula is C9H12O2. The molecule has 0 radical (unpaired) electrons. The third-order valence-electron chi connectivity index (χ3n) is 1.93. The van der Waals surface area contributed by atoms with Crippen LogP contribution in [-0.4, -0.2) is 11.1 Å². The zero-order valence-corrected chi connectivity index (χ0v) is 6.47. The van der Waals surface area contributed by atoms with Gasteiger partial charge in [-0.3, -0.25) is 0 Å². The van der Waals surface area contributed by atoms with Gasteiger partial charge in [-0.1, -0.05) is 12.2 Å². The summed E-state index contributed by atoms with van der Waals surface area (Å²) in [6, 6.07) is 0. The summed E-state index contributed by atoms with van der Waals surface area (Å²) in [5.74, 6) is -0.858. The van der Waals surface area contributed by atoms with Crippen molar-refractivity contribution in [3.63, 3.8) is 0 Å². The van der Waals surface area contributed by atoms with Crippen LogP contribution in [-0.2, 0) is 4.79 Å². The van der Waals surface area contributed by atoms with Crippen LogP contribution in [0.15, 0.2) is 23.8 Å². The van der Waals surface area contributed by atoms with Crippen molar-refractivity contribution in [1.29, 1.82) is 0 Å². The first-order valence-corrected chi connectivity index (χ1v) is 3.82. The molecule has 1 N–H and O–H groups in total. The highest BCUT2D eigenvalue weighted by Crippen LogP contribution is 2.26. The second-order valence-corrected chi connectivity index (χ2v) is 2.82. The van der Waals surface area contributed by atoms with Crippen LogP contribution in [0.3, 0.4) is 0 Å². The van der Waals surface area contributed by atoms with Gasteiger partial charge in [0.2, 0.25) is 0 Å². The zero-order valence-electron chi connectivity index (χ0n) is 6.47. The average molecular weight is 152 g/mol. The number of carboxylic acid groups (broad SMARTS) is 1. The number of allylic oxidation sites excluding steroid dienone is 2. The smallest absolute Gasteiger partial charge is 0.328 e. The third-order valence-corrected chi connectivity index (χ3v) is 1.93. The molecule has 0 spiro atoms. The van der Waals surface area contributed by atoms with Gasteiger partial charge in [-0.25, -0.2) is 4.79 Å². The predicted molar refractivity (Wildman–Crippen MR) is 43.3 cm³/mol. The molecule has 2 nitrogen and oxygen atoms in total. The van der Waals surface area contributed by atoms with Gasteiger partial charge in [0.1, 0.15) is 0 Å². The summed E-state index contributed by atoms with van der Waals surface area (Å²) in [6.45, 7) is 3.82. The summed E-state index contributed by atoms with van der Waals surface area (Å²) in [7, 11) is 0. The van der Waals surface area contributed by atoms with Gasteiger partial charge in [-0.15, -0.1) is 0 Å². The molecule has 0 saturated heterocycles. The van der Waals surface area contributed by atoms with Crippen molar-refractivity contribution in [1.82, 2.24) is 0 Å². The van der Waals surface area contributed by atoms with Crippen LogP contribution in [0, 0.1) is 0 Å². The van der Waals surface area contributed by atoms with E-state index >= 15 is 0 Å². The second kappa shape index (κ2) is 3.37. The Labute approximate surface area is 66.2 Å². The maximum atomic E-state index is 10.3. The highest BCUT2D eigenvalue weighted by Gasteiger charge is 2.10. The Morgan fingerprint density at radius 1 is 1.45 bits per heavy atom. The van der Waals surface area contributed by atoms with Crippen molar-refractivity contribution in [2.24, 2.45) is 0 Å². The number of rotatable bonds is 1. The Hall–Kier alpha value is -1.05. The number of hydrogen-bond donors (Lipinski definition) is 1.